The predicted octanol–water partition coefficient (Wildman–Crippen LogP) is 2.62. The van der Waals surface area contributed by atoms with E-state index in [0.717, 1.165) is 22.4 Å². The van der Waals surface area contributed by atoms with Crippen molar-refractivity contribution in [2.75, 3.05) is 0 Å². The van der Waals surface area contributed by atoms with Gasteiger partial charge in [0.15, 0.2) is 0 Å². The zero-order chi connectivity index (χ0) is 13.1. The summed E-state index contributed by atoms with van der Waals surface area (Å²) in [7, 11) is 0. The van der Waals surface area contributed by atoms with E-state index < -0.39 is 0 Å². The molecule has 1 heterocycles. The molecular formula is C16H11N2O. The Labute approximate surface area is 111 Å². The lowest BCUT2D eigenvalue weighted by atomic mass is 9.95. The maximum atomic E-state index is 11.5. The van der Waals surface area contributed by atoms with Crippen LogP contribution in [0.2, 0.25) is 0 Å². The highest BCUT2D eigenvalue weighted by Gasteiger charge is 2.18. The van der Waals surface area contributed by atoms with Gasteiger partial charge in [-0.1, -0.05) is 60.7 Å². The Bertz CT molecular complexity index is 658. The molecule has 0 N–H and O–H groups in total. The molecule has 3 rings (SSSR count). The van der Waals surface area contributed by atoms with Gasteiger partial charge in [0.05, 0.1) is 0 Å². The van der Waals surface area contributed by atoms with Gasteiger partial charge >= 0.3 is 0 Å². The number of hydrogen-bond donors (Lipinski definition) is 0. The van der Waals surface area contributed by atoms with Crippen molar-refractivity contribution >= 4 is 17.2 Å². The molecular weight excluding hydrogens is 236 g/mol. The van der Waals surface area contributed by atoms with Gasteiger partial charge in [-0.25, -0.2) is 0 Å². The van der Waals surface area contributed by atoms with Crippen LogP contribution in [0, 0.1) is 0 Å². The van der Waals surface area contributed by atoms with Gasteiger partial charge in [0.1, 0.15) is 5.71 Å². The van der Waals surface area contributed by atoms with Crippen LogP contribution in [-0.2, 0) is 4.79 Å². The van der Waals surface area contributed by atoms with Crippen molar-refractivity contribution < 1.29 is 4.79 Å². The van der Waals surface area contributed by atoms with Gasteiger partial charge in [-0.2, -0.15) is 0 Å². The quantitative estimate of drug-likeness (QED) is 0.804. The van der Waals surface area contributed by atoms with Crippen molar-refractivity contribution in [3.05, 3.63) is 77.9 Å². The van der Waals surface area contributed by atoms with Crippen LogP contribution in [0.5, 0.6) is 0 Å². The normalized spacial score (nSPS) is 14.4. The minimum Gasteiger partial charge on any atom is -0.266 e. The molecule has 0 saturated carbocycles. The molecule has 2 aromatic carbocycles. The molecule has 0 spiro atoms. The Morgan fingerprint density at radius 2 is 1.32 bits per heavy atom. The molecule has 0 unspecified atom stereocenters. The highest BCUT2D eigenvalue weighted by atomic mass is 16.2. The standard InChI is InChI=1S/C16H11N2O/c19-15-11-14(12-7-3-1-4-8-12)16(18-17-15)13-9-5-2-6-10-13/h1-11H. The van der Waals surface area contributed by atoms with E-state index in [0.29, 0.717) is 0 Å². The summed E-state index contributed by atoms with van der Waals surface area (Å²) in [6.07, 6.45) is 1.53. The summed E-state index contributed by atoms with van der Waals surface area (Å²) in [6, 6.07) is 19.5. The first-order valence-corrected chi connectivity index (χ1v) is 6.00. The Morgan fingerprint density at radius 3 is 1.95 bits per heavy atom. The Kier molecular flexibility index (Phi) is 2.94. The van der Waals surface area contributed by atoms with Gasteiger partial charge in [0.2, 0.25) is 0 Å². The summed E-state index contributed by atoms with van der Waals surface area (Å²) in [6.45, 7) is 0. The monoisotopic (exact) mass is 247 g/mol. The maximum Gasteiger partial charge on any atom is 0.288 e. The van der Waals surface area contributed by atoms with E-state index in [2.05, 4.69) is 10.5 Å². The fraction of sp³-hybridized carbons (Fsp3) is 0. The number of rotatable bonds is 2. The number of carbonyl (C=O) groups is 1. The Balaban J connectivity index is 2.09. The number of amides is 1. The van der Waals surface area contributed by atoms with Crippen molar-refractivity contribution in [2.24, 2.45) is 5.10 Å². The summed E-state index contributed by atoms with van der Waals surface area (Å²) in [5, 5.41) is 4.06. The van der Waals surface area contributed by atoms with Crippen LogP contribution in [0.3, 0.4) is 0 Å². The first-order valence-electron chi connectivity index (χ1n) is 6.00. The minimum absolute atomic E-state index is 0.321. The van der Waals surface area contributed by atoms with E-state index >= 15 is 0 Å². The number of nitrogens with zero attached hydrogens (tertiary/aromatic N) is 2. The molecule has 2 aromatic rings. The summed E-state index contributed by atoms with van der Waals surface area (Å²) in [5.41, 5.74) is 7.09. The van der Waals surface area contributed by atoms with Crippen LogP contribution >= 0.6 is 0 Å². The molecule has 19 heavy (non-hydrogen) atoms. The molecule has 1 aliphatic rings. The second-order valence-electron chi connectivity index (χ2n) is 4.18. The minimum atomic E-state index is -0.321. The average molecular weight is 247 g/mol. The van der Waals surface area contributed by atoms with Gasteiger partial charge in [-0.3, -0.25) is 4.79 Å². The molecule has 0 saturated heterocycles. The topological polar surface area (TPSA) is 43.5 Å². The maximum absolute atomic E-state index is 11.5. The fourth-order valence-corrected chi connectivity index (χ4v) is 2.02. The molecule has 0 fully saturated rings. The molecule has 1 radical (unpaired) electrons. The van der Waals surface area contributed by atoms with Crippen molar-refractivity contribution in [1.29, 1.82) is 0 Å². The third kappa shape index (κ3) is 2.31. The summed E-state index contributed by atoms with van der Waals surface area (Å²) < 4.78 is 0. The van der Waals surface area contributed by atoms with Crippen molar-refractivity contribution in [1.82, 2.24) is 5.43 Å². The molecule has 0 atom stereocenters. The second-order valence-corrected chi connectivity index (χ2v) is 4.18. The predicted molar refractivity (Wildman–Crippen MR) is 74.5 cm³/mol. The van der Waals surface area contributed by atoms with Crippen LogP contribution < -0.4 is 5.43 Å². The molecule has 1 aliphatic heterocycles. The van der Waals surface area contributed by atoms with E-state index in [1.165, 1.54) is 6.08 Å². The summed E-state index contributed by atoms with van der Waals surface area (Å²) in [5.74, 6) is -0.321. The van der Waals surface area contributed by atoms with Crippen molar-refractivity contribution in [3.8, 4) is 0 Å². The highest BCUT2D eigenvalue weighted by molar-refractivity contribution is 6.35. The first-order chi connectivity index (χ1) is 9.34. The largest absolute Gasteiger partial charge is 0.288 e. The number of benzene rings is 2. The van der Waals surface area contributed by atoms with E-state index in [1.54, 1.807) is 0 Å². The fourth-order valence-electron chi connectivity index (χ4n) is 2.02. The van der Waals surface area contributed by atoms with Crippen LogP contribution in [0.15, 0.2) is 71.8 Å². The van der Waals surface area contributed by atoms with E-state index in [9.17, 15) is 4.79 Å². The number of allylic oxidation sites excluding steroid dienone is 1. The number of hydrogen-bond acceptors (Lipinski definition) is 2. The molecule has 0 aliphatic carbocycles. The average Bonchev–Trinajstić information content (AvgIpc) is 2.49. The lowest BCUT2D eigenvalue weighted by molar-refractivity contribution is -0.116. The second kappa shape index (κ2) is 4.90. The smallest absolute Gasteiger partial charge is 0.266 e. The molecule has 0 aromatic heterocycles. The third-order valence-corrected chi connectivity index (χ3v) is 2.90. The number of carbonyl (C=O) groups excluding carboxylic acids is 1. The molecule has 91 valence electrons. The molecule has 0 bridgehead atoms. The summed E-state index contributed by atoms with van der Waals surface area (Å²) >= 11 is 0. The SMILES string of the molecule is O=C1C=C(c2ccccc2)C(c2ccccc2)=N[N]1. The highest BCUT2D eigenvalue weighted by Crippen LogP contribution is 2.22. The van der Waals surface area contributed by atoms with Crippen LogP contribution in [0.25, 0.3) is 5.57 Å². The molecule has 3 heteroatoms. The third-order valence-electron chi connectivity index (χ3n) is 2.90. The van der Waals surface area contributed by atoms with Crippen LogP contribution in [0.4, 0.5) is 0 Å². The molecule has 3 nitrogen and oxygen atoms in total. The van der Waals surface area contributed by atoms with Gasteiger partial charge in [-0.15, -0.1) is 10.5 Å². The van der Waals surface area contributed by atoms with Crippen molar-refractivity contribution in [3.63, 3.8) is 0 Å². The molecule has 1 amide bonds. The lowest BCUT2D eigenvalue weighted by Gasteiger charge is -2.14. The zero-order valence-electron chi connectivity index (χ0n) is 10.2. The van der Waals surface area contributed by atoms with Crippen LogP contribution in [-0.4, -0.2) is 11.6 Å². The van der Waals surface area contributed by atoms with Crippen molar-refractivity contribution in [2.45, 2.75) is 0 Å². The van der Waals surface area contributed by atoms with Gasteiger partial charge < -0.3 is 0 Å². The van der Waals surface area contributed by atoms with Crippen LogP contribution in [0.1, 0.15) is 11.1 Å². The van der Waals surface area contributed by atoms with E-state index in [1.807, 2.05) is 60.7 Å². The Hall–Kier alpha value is -2.68. The van der Waals surface area contributed by atoms with E-state index in [4.69, 9.17) is 0 Å². The first kappa shape index (κ1) is 11.4. The van der Waals surface area contributed by atoms with Gasteiger partial charge in [-0.05, 0) is 5.56 Å². The lowest BCUT2D eigenvalue weighted by Crippen LogP contribution is -2.19. The summed E-state index contributed by atoms with van der Waals surface area (Å²) in [4.78, 5) is 11.5. The van der Waals surface area contributed by atoms with E-state index in [-0.39, 0.29) is 5.91 Å². The van der Waals surface area contributed by atoms with Gasteiger partial charge in [0.25, 0.3) is 5.91 Å². The van der Waals surface area contributed by atoms with Gasteiger partial charge in [0, 0.05) is 17.2 Å². The zero-order valence-corrected chi connectivity index (χ0v) is 10.2. The Morgan fingerprint density at radius 1 is 0.737 bits per heavy atom.